The van der Waals surface area contributed by atoms with Gasteiger partial charge in [0.1, 0.15) is 12.4 Å². The molecule has 0 bridgehead atoms. The van der Waals surface area contributed by atoms with Gasteiger partial charge in [-0.05, 0) is 6.92 Å². The molecule has 1 amide bonds. The SMILES string of the molecule is CC1=CN=C(NNC(=O)C(F)(F)CO)CC#C1. The zero-order valence-corrected chi connectivity index (χ0v) is 9.05. The zero-order chi connectivity index (χ0) is 12.9. The summed E-state index contributed by atoms with van der Waals surface area (Å²) in [7, 11) is 0. The Hall–Kier alpha value is -1.94. The maximum absolute atomic E-state index is 12.7. The number of nitrogens with zero attached hydrogens (tertiary/aromatic N) is 1. The van der Waals surface area contributed by atoms with Crippen molar-refractivity contribution in [1.29, 1.82) is 0 Å². The van der Waals surface area contributed by atoms with E-state index in [9.17, 15) is 13.6 Å². The van der Waals surface area contributed by atoms with Gasteiger partial charge >= 0.3 is 11.8 Å². The molecule has 0 saturated carbocycles. The molecule has 0 aromatic carbocycles. The maximum Gasteiger partial charge on any atom is 0.348 e. The summed E-state index contributed by atoms with van der Waals surface area (Å²) in [5, 5.41) is 8.28. The Morgan fingerprint density at radius 2 is 2.41 bits per heavy atom. The third kappa shape index (κ3) is 3.85. The van der Waals surface area contributed by atoms with Crippen molar-refractivity contribution in [3.05, 3.63) is 11.8 Å². The highest BCUT2D eigenvalue weighted by atomic mass is 19.3. The molecule has 0 spiro atoms. The fourth-order valence-electron chi connectivity index (χ4n) is 0.889. The summed E-state index contributed by atoms with van der Waals surface area (Å²) in [6.07, 6.45) is 1.66. The van der Waals surface area contributed by atoms with E-state index < -0.39 is 18.4 Å². The van der Waals surface area contributed by atoms with Gasteiger partial charge in [-0.15, -0.1) is 0 Å². The molecule has 3 N–H and O–H groups in total. The topological polar surface area (TPSA) is 73.7 Å². The van der Waals surface area contributed by atoms with Gasteiger partial charge in [-0.3, -0.25) is 15.6 Å². The Balaban J connectivity index is 2.54. The number of hydrogen-bond acceptors (Lipinski definition) is 4. The quantitative estimate of drug-likeness (QED) is 0.470. The number of amidine groups is 1. The van der Waals surface area contributed by atoms with Crippen LogP contribution >= 0.6 is 0 Å². The van der Waals surface area contributed by atoms with E-state index in [2.05, 4.69) is 22.3 Å². The minimum atomic E-state index is -3.82. The highest BCUT2D eigenvalue weighted by Gasteiger charge is 2.38. The molecule has 1 rings (SSSR count). The first-order valence-electron chi connectivity index (χ1n) is 4.73. The van der Waals surface area contributed by atoms with Crippen LogP contribution in [0.2, 0.25) is 0 Å². The van der Waals surface area contributed by atoms with E-state index in [-0.39, 0.29) is 12.3 Å². The lowest BCUT2D eigenvalue weighted by molar-refractivity contribution is -0.151. The van der Waals surface area contributed by atoms with E-state index in [0.717, 1.165) is 5.57 Å². The average Bonchev–Trinajstić information content (AvgIpc) is 2.51. The highest BCUT2D eigenvalue weighted by Crippen LogP contribution is 2.10. The predicted molar refractivity (Wildman–Crippen MR) is 56.9 cm³/mol. The molecule has 7 heteroatoms. The van der Waals surface area contributed by atoms with Gasteiger partial charge in [0.25, 0.3) is 0 Å². The first kappa shape index (κ1) is 13.1. The number of amides is 1. The molecule has 0 atom stereocenters. The molecule has 1 aliphatic rings. The molecule has 0 aromatic rings. The second-order valence-electron chi connectivity index (χ2n) is 3.31. The molecular formula is C10H11F2N3O2. The molecule has 0 unspecified atom stereocenters. The van der Waals surface area contributed by atoms with Gasteiger partial charge < -0.3 is 5.11 Å². The van der Waals surface area contributed by atoms with Crippen LogP contribution < -0.4 is 10.9 Å². The summed E-state index contributed by atoms with van der Waals surface area (Å²) in [4.78, 5) is 14.8. The molecule has 0 radical (unpaired) electrons. The maximum atomic E-state index is 12.7. The number of hydrogen-bond donors (Lipinski definition) is 3. The number of aliphatic imine (C=N–C) groups is 1. The van der Waals surface area contributed by atoms with Crippen LogP contribution in [0.3, 0.4) is 0 Å². The normalized spacial score (nSPS) is 14.8. The van der Waals surface area contributed by atoms with Crippen LogP contribution in [0.25, 0.3) is 0 Å². The van der Waals surface area contributed by atoms with Gasteiger partial charge in [0, 0.05) is 11.8 Å². The number of rotatable bonds is 2. The Morgan fingerprint density at radius 3 is 3.06 bits per heavy atom. The van der Waals surface area contributed by atoms with Crippen molar-refractivity contribution in [2.45, 2.75) is 19.3 Å². The van der Waals surface area contributed by atoms with Crippen molar-refractivity contribution >= 4 is 11.7 Å². The minimum absolute atomic E-state index is 0.207. The lowest BCUT2D eigenvalue weighted by Gasteiger charge is -2.14. The number of hydrazine groups is 1. The first-order chi connectivity index (χ1) is 7.95. The van der Waals surface area contributed by atoms with Crippen molar-refractivity contribution in [3.8, 4) is 11.8 Å². The van der Waals surface area contributed by atoms with Crippen LogP contribution in [-0.2, 0) is 4.79 Å². The molecule has 0 aromatic heterocycles. The van der Waals surface area contributed by atoms with E-state index in [1.54, 1.807) is 12.3 Å². The molecular weight excluding hydrogens is 232 g/mol. The van der Waals surface area contributed by atoms with Gasteiger partial charge in [-0.2, -0.15) is 8.78 Å². The molecule has 92 valence electrons. The number of halogens is 2. The van der Waals surface area contributed by atoms with Crippen molar-refractivity contribution in [1.82, 2.24) is 10.9 Å². The number of carbonyl (C=O) groups excluding carboxylic acids is 1. The lowest BCUT2D eigenvalue weighted by atomic mass is 10.3. The third-order valence-corrected chi connectivity index (χ3v) is 1.81. The molecule has 0 aliphatic carbocycles. The van der Waals surface area contributed by atoms with Crippen molar-refractivity contribution < 1.29 is 18.7 Å². The van der Waals surface area contributed by atoms with Gasteiger partial charge in [0.05, 0.1) is 6.42 Å². The molecule has 0 fully saturated rings. The van der Waals surface area contributed by atoms with Crippen LogP contribution in [0, 0.1) is 11.8 Å². The van der Waals surface area contributed by atoms with Crippen LogP contribution in [0.5, 0.6) is 0 Å². The lowest BCUT2D eigenvalue weighted by Crippen LogP contribution is -2.50. The fourth-order valence-corrected chi connectivity index (χ4v) is 0.889. The second-order valence-corrected chi connectivity index (χ2v) is 3.31. The number of alkyl halides is 2. The van der Waals surface area contributed by atoms with E-state index in [4.69, 9.17) is 5.11 Å². The number of carbonyl (C=O) groups is 1. The molecule has 17 heavy (non-hydrogen) atoms. The zero-order valence-electron chi connectivity index (χ0n) is 9.05. The largest absolute Gasteiger partial charge is 0.390 e. The molecule has 1 aliphatic heterocycles. The summed E-state index contributed by atoms with van der Waals surface area (Å²) in [5.74, 6) is 0.282. The summed E-state index contributed by atoms with van der Waals surface area (Å²) < 4.78 is 25.3. The predicted octanol–water partition coefficient (Wildman–Crippen LogP) is -0.0558. The summed E-state index contributed by atoms with van der Waals surface area (Å²) in [5.41, 5.74) is 4.72. The first-order valence-corrected chi connectivity index (χ1v) is 4.73. The number of aliphatic hydroxyl groups excluding tert-OH is 1. The van der Waals surface area contributed by atoms with Gasteiger partial charge in [0.15, 0.2) is 0 Å². The van der Waals surface area contributed by atoms with Gasteiger partial charge in [0.2, 0.25) is 0 Å². The third-order valence-electron chi connectivity index (χ3n) is 1.81. The Kier molecular flexibility index (Phi) is 4.17. The number of allylic oxidation sites excluding steroid dienone is 1. The Morgan fingerprint density at radius 1 is 1.71 bits per heavy atom. The standard InChI is InChI=1S/C10H11F2N3O2/c1-7-3-2-4-8(13-5-7)14-15-9(17)10(11,12)6-16/h5,16H,4,6H2,1H3,(H,13,14)(H,15,17). The smallest absolute Gasteiger partial charge is 0.348 e. The van der Waals surface area contributed by atoms with Gasteiger partial charge in [-0.25, -0.2) is 4.99 Å². The molecule has 0 saturated heterocycles. The van der Waals surface area contributed by atoms with E-state index in [0.29, 0.717) is 0 Å². The molecule has 1 heterocycles. The number of nitrogens with one attached hydrogen (secondary N) is 2. The average molecular weight is 243 g/mol. The minimum Gasteiger partial charge on any atom is -0.390 e. The van der Waals surface area contributed by atoms with Crippen molar-refractivity contribution in [3.63, 3.8) is 0 Å². The second kappa shape index (κ2) is 5.41. The Bertz CT molecular complexity index is 433. The van der Waals surface area contributed by atoms with Crippen LogP contribution in [-0.4, -0.2) is 29.4 Å². The van der Waals surface area contributed by atoms with Crippen molar-refractivity contribution in [2.75, 3.05) is 6.61 Å². The van der Waals surface area contributed by atoms with E-state index >= 15 is 0 Å². The monoisotopic (exact) mass is 243 g/mol. The van der Waals surface area contributed by atoms with Crippen LogP contribution in [0.4, 0.5) is 8.78 Å². The molecule has 5 nitrogen and oxygen atoms in total. The fraction of sp³-hybridized carbons (Fsp3) is 0.400. The van der Waals surface area contributed by atoms with Crippen molar-refractivity contribution in [2.24, 2.45) is 4.99 Å². The summed E-state index contributed by atoms with van der Waals surface area (Å²) in [6, 6.07) is 0. The summed E-state index contributed by atoms with van der Waals surface area (Å²) >= 11 is 0. The summed E-state index contributed by atoms with van der Waals surface area (Å²) in [6.45, 7) is 0.198. The van der Waals surface area contributed by atoms with E-state index in [1.165, 1.54) is 6.20 Å². The number of aliphatic hydroxyl groups is 1. The highest BCUT2D eigenvalue weighted by molar-refractivity contribution is 5.90. The van der Waals surface area contributed by atoms with Gasteiger partial charge in [-0.1, -0.05) is 11.8 Å². The van der Waals surface area contributed by atoms with Crippen LogP contribution in [0.1, 0.15) is 13.3 Å². The van der Waals surface area contributed by atoms with Crippen LogP contribution in [0.15, 0.2) is 16.8 Å². The Labute approximate surface area is 96.6 Å². The van der Waals surface area contributed by atoms with E-state index in [1.807, 2.05) is 0 Å².